The second-order valence-corrected chi connectivity index (χ2v) is 4.31. The molecule has 5 nitrogen and oxygen atoms in total. The Morgan fingerprint density at radius 1 is 1.69 bits per heavy atom. The molecule has 2 N–H and O–H groups in total. The Morgan fingerprint density at radius 3 is 3.00 bits per heavy atom. The topological polar surface area (TPSA) is 70.1 Å². The molecule has 1 aromatic rings. The smallest absolute Gasteiger partial charge is 0.351 e. The van der Waals surface area contributed by atoms with Gasteiger partial charge in [0.15, 0.2) is 0 Å². The summed E-state index contributed by atoms with van der Waals surface area (Å²) >= 11 is 0. The summed E-state index contributed by atoms with van der Waals surface area (Å²) in [4.78, 5) is 15.4. The number of nitrogen functional groups attached to an aromatic ring is 1. The Balaban J connectivity index is 2.28. The average molecular weight is 223 g/mol. The molecular formula is C11H17N3O2. The van der Waals surface area contributed by atoms with Gasteiger partial charge >= 0.3 is 5.69 Å². The van der Waals surface area contributed by atoms with Crippen LogP contribution in [0, 0.1) is 5.92 Å². The number of nitrogens with two attached hydrogens (primary N) is 1. The number of nitrogens with zero attached hydrogens (tertiary/aromatic N) is 2. The lowest BCUT2D eigenvalue weighted by atomic mass is 10.0. The molecule has 0 aliphatic carbocycles. The second-order valence-electron chi connectivity index (χ2n) is 4.31. The van der Waals surface area contributed by atoms with Gasteiger partial charge in [0.1, 0.15) is 12.0 Å². The van der Waals surface area contributed by atoms with Crippen LogP contribution in [0.25, 0.3) is 0 Å². The molecule has 1 saturated heterocycles. The van der Waals surface area contributed by atoms with Crippen LogP contribution in [0.1, 0.15) is 32.9 Å². The molecule has 0 spiro atoms. The molecule has 3 atom stereocenters. The summed E-state index contributed by atoms with van der Waals surface area (Å²) in [5.74, 6) is 0.576. The van der Waals surface area contributed by atoms with Gasteiger partial charge in [-0.1, -0.05) is 13.8 Å². The third kappa shape index (κ3) is 1.95. The van der Waals surface area contributed by atoms with Crippen LogP contribution in [-0.4, -0.2) is 15.7 Å². The van der Waals surface area contributed by atoms with E-state index in [1.54, 1.807) is 12.3 Å². The largest absolute Gasteiger partial charge is 0.383 e. The second kappa shape index (κ2) is 4.25. The van der Waals surface area contributed by atoms with Crippen molar-refractivity contribution in [3.63, 3.8) is 0 Å². The van der Waals surface area contributed by atoms with E-state index in [1.165, 1.54) is 4.57 Å². The van der Waals surface area contributed by atoms with E-state index in [-0.39, 0.29) is 23.8 Å². The zero-order chi connectivity index (χ0) is 11.7. The van der Waals surface area contributed by atoms with Crippen molar-refractivity contribution in [2.75, 3.05) is 5.73 Å². The van der Waals surface area contributed by atoms with E-state index in [1.807, 2.05) is 0 Å². The molecule has 88 valence electrons. The molecule has 1 fully saturated rings. The monoisotopic (exact) mass is 223 g/mol. The molecule has 1 aromatic heterocycles. The predicted octanol–water partition coefficient (Wildman–Crippen LogP) is 1.16. The summed E-state index contributed by atoms with van der Waals surface area (Å²) in [6.45, 7) is 4.17. The van der Waals surface area contributed by atoms with Crippen LogP contribution < -0.4 is 11.4 Å². The van der Waals surface area contributed by atoms with Crippen LogP contribution in [0.3, 0.4) is 0 Å². The van der Waals surface area contributed by atoms with Gasteiger partial charge in [0.05, 0.1) is 6.10 Å². The van der Waals surface area contributed by atoms with Crippen molar-refractivity contribution in [2.24, 2.45) is 5.92 Å². The van der Waals surface area contributed by atoms with Crippen molar-refractivity contribution in [2.45, 2.75) is 39.0 Å². The van der Waals surface area contributed by atoms with Gasteiger partial charge in [-0.2, -0.15) is 4.98 Å². The fourth-order valence-electron chi connectivity index (χ4n) is 2.14. The summed E-state index contributed by atoms with van der Waals surface area (Å²) in [5.41, 5.74) is 5.11. The molecule has 5 heteroatoms. The van der Waals surface area contributed by atoms with E-state index in [0.717, 1.165) is 12.8 Å². The van der Waals surface area contributed by atoms with Crippen LogP contribution in [0.2, 0.25) is 0 Å². The van der Waals surface area contributed by atoms with Crippen LogP contribution in [-0.2, 0) is 4.74 Å². The van der Waals surface area contributed by atoms with Gasteiger partial charge < -0.3 is 10.5 Å². The minimum atomic E-state index is -0.339. The lowest BCUT2D eigenvalue weighted by Crippen LogP contribution is -2.29. The Bertz CT molecular complexity index is 429. The van der Waals surface area contributed by atoms with E-state index in [9.17, 15) is 4.79 Å². The molecule has 2 rings (SSSR count). The van der Waals surface area contributed by atoms with Crippen molar-refractivity contribution in [3.8, 4) is 0 Å². The van der Waals surface area contributed by atoms with Crippen LogP contribution in [0.4, 0.5) is 5.82 Å². The van der Waals surface area contributed by atoms with Crippen molar-refractivity contribution in [1.82, 2.24) is 9.55 Å². The van der Waals surface area contributed by atoms with Gasteiger partial charge in [-0.3, -0.25) is 4.57 Å². The average Bonchev–Trinajstić information content (AvgIpc) is 2.60. The molecule has 0 radical (unpaired) electrons. The minimum Gasteiger partial charge on any atom is -0.383 e. The molecule has 1 unspecified atom stereocenters. The molecule has 16 heavy (non-hydrogen) atoms. The van der Waals surface area contributed by atoms with Gasteiger partial charge in [0, 0.05) is 12.1 Å². The van der Waals surface area contributed by atoms with E-state index in [4.69, 9.17) is 10.5 Å². The first-order valence-corrected chi connectivity index (χ1v) is 5.62. The fourth-order valence-corrected chi connectivity index (χ4v) is 2.14. The fraction of sp³-hybridized carbons (Fsp3) is 0.636. The highest BCUT2D eigenvalue weighted by atomic mass is 16.5. The first-order chi connectivity index (χ1) is 7.61. The number of hydrogen-bond acceptors (Lipinski definition) is 4. The summed E-state index contributed by atoms with van der Waals surface area (Å²) < 4.78 is 7.34. The summed E-state index contributed by atoms with van der Waals surface area (Å²) in [6, 6.07) is 1.62. The van der Waals surface area contributed by atoms with E-state index in [0.29, 0.717) is 5.92 Å². The van der Waals surface area contributed by atoms with Crippen molar-refractivity contribution in [1.29, 1.82) is 0 Å². The molecule has 2 heterocycles. The first kappa shape index (κ1) is 11.1. The molecule has 0 bridgehead atoms. The Hall–Kier alpha value is -1.36. The number of aromatic nitrogens is 2. The maximum atomic E-state index is 11.7. The van der Waals surface area contributed by atoms with E-state index >= 15 is 0 Å². The SMILES string of the molecule is CC[C@@H]1CC(C)[C@H](n2ccc(N)nc2=O)O1. The quantitative estimate of drug-likeness (QED) is 0.816. The predicted molar refractivity (Wildman–Crippen MR) is 60.9 cm³/mol. The molecule has 0 saturated carbocycles. The van der Waals surface area contributed by atoms with Crippen molar-refractivity contribution in [3.05, 3.63) is 22.7 Å². The molecule has 0 aromatic carbocycles. The van der Waals surface area contributed by atoms with Crippen LogP contribution in [0.5, 0.6) is 0 Å². The van der Waals surface area contributed by atoms with Gasteiger partial charge in [-0.15, -0.1) is 0 Å². The van der Waals surface area contributed by atoms with Crippen molar-refractivity contribution < 1.29 is 4.74 Å². The Labute approximate surface area is 94.2 Å². The normalized spacial score (nSPS) is 29.5. The number of hydrogen-bond donors (Lipinski definition) is 1. The highest BCUT2D eigenvalue weighted by Crippen LogP contribution is 2.34. The summed E-state index contributed by atoms with van der Waals surface area (Å²) in [6.07, 6.45) is 3.65. The van der Waals surface area contributed by atoms with Crippen molar-refractivity contribution >= 4 is 5.82 Å². The van der Waals surface area contributed by atoms with Gasteiger partial charge in [0.25, 0.3) is 0 Å². The standard InChI is InChI=1S/C11H17N3O2/c1-3-8-6-7(2)10(16-8)14-5-4-9(12)13-11(14)15/h4-5,7-8,10H,3,6H2,1-2H3,(H2,12,13,15)/t7?,8-,10-/m1/s1. The third-order valence-electron chi connectivity index (χ3n) is 3.03. The van der Waals surface area contributed by atoms with Crippen LogP contribution >= 0.6 is 0 Å². The minimum absolute atomic E-state index is 0.203. The maximum Gasteiger partial charge on any atom is 0.351 e. The molecule has 0 amide bonds. The highest BCUT2D eigenvalue weighted by Gasteiger charge is 2.32. The third-order valence-corrected chi connectivity index (χ3v) is 3.03. The zero-order valence-electron chi connectivity index (χ0n) is 9.59. The van der Waals surface area contributed by atoms with Crippen LogP contribution in [0.15, 0.2) is 17.1 Å². The van der Waals surface area contributed by atoms with Gasteiger partial charge in [-0.25, -0.2) is 4.79 Å². The molecule has 1 aliphatic rings. The maximum absolute atomic E-state index is 11.7. The Morgan fingerprint density at radius 2 is 2.44 bits per heavy atom. The lowest BCUT2D eigenvalue weighted by molar-refractivity contribution is -0.0141. The lowest BCUT2D eigenvalue weighted by Gasteiger charge is -2.17. The summed E-state index contributed by atoms with van der Waals surface area (Å²) in [7, 11) is 0. The highest BCUT2D eigenvalue weighted by molar-refractivity contribution is 5.23. The number of anilines is 1. The summed E-state index contributed by atoms with van der Waals surface area (Å²) in [5, 5.41) is 0. The number of ether oxygens (including phenoxy) is 1. The van der Waals surface area contributed by atoms with E-state index in [2.05, 4.69) is 18.8 Å². The van der Waals surface area contributed by atoms with Gasteiger partial charge in [0.2, 0.25) is 0 Å². The van der Waals surface area contributed by atoms with E-state index < -0.39 is 0 Å². The number of rotatable bonds is 2. The molecule has 1 aliphatic heterocycles. The zero-order valence-corrected chi connectivity index (χ0v) is 9.59. The van der Waals surface area contributed by atoms with Gasteiger partial charge in [-0.05, 0) is 18.9 Å². The first-order valence-electron chi connectivity index (χ1n) is 5.62. The molecular weight excluding hydrogens is 206 g/mol. The Kier molecular flexibility index (Phi) is 2.96.